The molecule has 5 nitrogen and oxygen atoms in total. The summed E-state index contributed by atoms with van der Waals surface area (Å²) < 4.78 is 4.97. The van der Waals surface area contributed by atoms with E-state index in [9.17, 15) is 9.59 Å². The van der Waals surface area contributed by atoms with Gasteiger partial charge in [-0.05, 0) is 27.7 Å². The minimum Gasteiger partial charge on any atom is -0.444 e. The van der Waals surface area contributed by atoms with E-state index in [1.54, 1.807) is 27.7 Å². The van der Waals surface area contributed by atoms with Gasteiger partial charge in [0.25, 0.3) is 0 Å². The molecule has 0 saturated carbocycles. The molecule has 0 bridgehead atoms. The van der Waals surface area contributed by atoms with Gasteiger partial charge in [0.2, 0.25) is 5.91 Å². The number of alkyl carbamates (subject to hydrolysis) is 1. The molecule has 0 aliphatic rings. The molecular weight excluding hydrogens is 220 g/mol. The zero-order valence-electron chi connectivity index (χ0n) is 9.39. The van der Waals surface area contributed by atoms with Crippen LogP contribution in [0.5, 0.6) is 0 Å². The topological polar surface area (TPSA) is 67.4 Å². The molecule has 0 aliphatic heterocycles. The van der Waals surface area contributed by atoms with E-state index in [4.69, 9.17) is 16.3 Å². The zero-order valence-corrected chi connectivity index (χ0v) is 10.1. The third-order valence-corrected chi connectivity index (χ3v) is 1.50. The molecule has 0 saturated heterocycles. The van der Waals surface area contributed by atoms with Gasteiger partial charge in [-0.15, -0.1) is 11.6 Å². The third-order valence-electron chi connectivity index (χ3n) is 1.37. The number of halogens is 1. The van der Waals surface area contributed by atoms with Crippen molar-refractivity contribution in [2.24, 2.45) is 0 Å². The second-order valence-corrected chi connectivity index (χ2v) is 4.31. The Morgan fingerprint density at radius 1 is 1.40 bits per heavy atom. The molecule has 1 atom stereocenters. The second kappa shape index (κ2) is 5.80. The van der Waals surface area contributed by atoms with Crippen LogP contribution in [-0.4, -0.2) is 29.6 Å². The Balaban J connectivity index is 4.02. The molecule has 2 amide bonds. The van der Waals surface area contributed by atoms with Crippen molar-refractivity contribution >= 4 is 23.6 Å². The lowest BCUT2D eigenvalue weighted by Crippen LogP contribution is -2.46. The Bertz CT molecular complexity index is 238. The van der Waals surface area contributed by atoms with E-state index >= 15 is 0 Å². The van der Waals surface area contributed by atoms with Crippen molar-refractivity contribution in [2.45, 2.75) is 39.3 Å². The molecule has 0 radical (unpaired) electrons. The molecular formula is C9H17ClN2O3. The maximum atomic E-state index is 11.2. The predicted molar refractivity (Wildman–Crippen MR) is 57.7 cm³/mol. The highest BCUT2D eigenvalue weighted by Crippen LogP contribution is 2.06. The van der Waals surface area contributed by atoms with E-state index in [0.717, 1.165) is 0 Å². The van der Waals surface area contributed by atoms with Crippen LogP contribution < -0.4 is 10.6 Å². The number of hydrogen-bond acceptors (Lipinski definition) is 3. The number of nitrogens with one attached hydrogen (secondary N) is 2. The molecule has 2 N–H and O–H groups in total. The van der Waals surface area contributed by atoms with Gasteiger partial charge < -0.3 is 15.4 Å². The monoisotopic (exact) mass is 236 g/mol. The van der Waals surface area contributed by atoms with E-state index in [1.165, 1.54) is 0 Å². The smallest absolute Gasteiger partial charge is 0.408 e. The van der Waals surface area contributed by atoms with Gasteiger partial charge in [0.1, 0.15) is 11.6 Å². The maximum absolute atomic E-state index is 11.2. The highest BCUT2D eigenvalue weighted by Gasteiger charge is 2.20. The number of amides is 2. The number of alkyl halides is 1. The van der Waals surface area contributed by atoms with Crippen LogP contribution in [0.1, 0.15) is 27.7 Å². The summed E-state index contributed by atoms with van der Waals surface area (Å²) in [5.74, 6) is -0.351. The van der Waals surface area contributed by atoms with Gasteiger partial charge >= 0.3 is 6.09 Å². The van der Waals surface area contributed by atoms with E-state index in [1.807, 2.05) is 0 Å². The summed E-state index contributed by atoms with van der Waals surface area (Å²) in [7, 11) is 0. The number of carbonyl (C=O) groups is 2. The van der Waals surface area contributed by atoms with Gasteiger partial charge in [0.05, 0.1) is 6.00 Å². The maximum Gasteiger partial charge on any atom is 0.408 e. The lowest BCUT2D eigenvalue weighted by Gasteiger charge is -2.21. The summed E-state index contributed by atoms with van der Waals surface area (Å²) in [6.45, 7) is 6.79. The Kier molecular flexibility index (Phi) is 5.43. The molecule has 0 heterocycles. The van der Waals surface area contributed by atoms with Crippen LogP contribution >= 0.6 is 11.6 Å². The first kappa shape index (κ1) is 14.0. The van der Waals surface area contributed by atoms with Crippen LogP contribution in [-0.2, 0) is 9.53 Å². The number of rotatable bonds is 3. The van der Waals surface area contributed by atoms with Crippen molar-refractivity contribution in [1.29, 1.82) is 0 Å². The molecule has 0 spiro atoms. The fraction of sp³-hybridized carbons (Fsp3) is 0.778. The Labute approximate surface area is 94.5 Å². The minimum absolute atomic E-state index is 0.0131. The fourth-order valence-corrected chi connectivity index (χ4v) is 0.901. The Hall–Kier alpha value is -0.970. The lowest BCUT2D eigenvalue weighted by molar-refractivity contribution is -0.122. The van der Waals surface area contributed by atoms with Crippen molar-refractivity contribution < 1.29 is 14.3 Å². The molecule has 0 aromatic carbocycles. The molecule has 15 heavy (non-hydrogen) atoms. The molecule has 6 heteroatoms. The molecule has 1 unspecified atom stereocenters. The molecule has 0 fully saturated rings. The van der Waals surface area contributed by atoms with Gasteiger partial charge in [-0.1, -0.05) is 0 Å². The van der Waals surface area contributed by atoms with E-state index in [0.29, 0.717) is 0 Å². The largest absolute Gasteiger partial charge is 0.444 e. The van der Waals surface area contributed by atoms with Gasteiger partial charge in [-0.3, -0.25) is 4.79 Å². The van der Waals surface area contributed by atoms with Crippen LogP contribution in [0.25, 0.3) is 0 Å². The first-order valence-corrected chi connectivity index (χ1v) is 5.13. The standard InChI is InChI=1S/C9H17ClN2O3/c1-6(7(13)11-5-10)12-8(14)15-9(2,3)4/h6H,5H2,1-4H3,(H,11,13)(H,12,14). The van der Waals surface area contributed by atoms with E-state index in [-0.39, 0.29) is 11.9 Å². The van der Waals surface area contributed by atoms with Crippen LogP contribution in [0.2, 0.25) is 0 Å². The average Bonchev–Trinajstić information content (AvgIpc) is 2.00. The van der Waals surface area contributed by atoms with Gasteiger partial charge in [0, 0.05) is 0 Å². The summed E-state index contributed by atoms with van der Waals surface area (Å²) in [5.41, 5.74) is -0.577. The fourth-order valence-electron chi connectivity index (χ4n) is 0.769. The summed E-state index contributed by atoms with van der Waals surface area (Å²) >= 11 is 5.31. The third kappa shape index (κ3) is 7.02. The number of carbonyl (C=O) groups excluding carboxylic acids is 2. The van der Waals surface area contributed by atoms with Gasteiger partial charge in [-0.25, -0.2) is 4.79 Å². The normalized spacial score (nSPS) is 12.9. The quantitative estimate of drug-likeness (QED) is 0.572. The first-order valence-electron chi connectivity index (χ1n) is 4.59. The zero-order chi connectivity index (χ0) is 12.1. The summed E-state index contributed by atoms with van der Waals surface area (Å²) in [6, 6.07) is -0.655. The first-order chi connectivity index (χ1) is 6.76. The highest BCUT2D eigenvalue weighted by atomic mass is 35.5. The minimum atomic E-state index is -0.668. The Morgan fingerprint density at radius 2 is 1.93 bits per heavy atom. The molecule has 0 aromatic rings. The van der Waals surface area contributed by atoms with Crippen LogP contribution in [0.15, 0.2) is 0 Å². The van der Waals surface area contributed by atoms with Crippen molar-refractivity contribution in [3.05, 3.63) is 0 Å². The van der Waals surface area contributed by atoms with Gasteiger partial charge in [0.15, 0.2) is 0 Å². The highest BCUT2D eigenvalue weighted by molar-refractivity contribution is 6.18. The lowest BCUT2D eigenvalue weighted by atomic mass is 10.2. The van der Waals surface area contributed by atoms with E-state index < -0.39 is 17.7 Å². The average molecular weight is 237 g/mol. The van der Waals surface area contributed by atoms with Crippen LogP contribution in [0.3, 0.4) is 0 Å². The van der Waals surface area contributed by atoms with Crippen LogP contribution in [0.4, 0.5) is 4.79 Å². The molecule has 0 aliphatic carbocycles. The summed E-state index contributed by atoms with van der Waals surface area (Å²) in [6.07, 6.45) is -0.625. The SMILES string of the molecule is CC(NC(=O)OC(C)(C)C)C(=O)NCCl. The van der Waals surface area contributed by atoms with Crippen LogP contribution in [0, 0.1) is 0 Å². The van der Waals surface area contributed by atoms with Crippen molar-refractivity contribution in [3.8, 4) is 0 Å². The molecule has 88 valence electrons. The van der Waals surface area contributed by atoms with Gasteiger partial charge in [-0.2, -0.15) is 0 Å². The van der Waals surface area contributed by atoms with Crippen molar-refractivity contribution in [1.82, 2.24) is 10.6 Å². The number of ether oxygens (including phenoxy) is 1. The molecule has 0 rings (SSSR count). The molecule has 0 aromatic heterocycles. The van der Waals surface area contributed by atoms with Crippen molar-refractivity contribution in [2.75, 3.05) is 6.00 Å². The summed E-state index contributed by atoms with van der Waals surface area (Å²) in [5, 5.41) is 4.76. The summed E-state index contributed by atoms with van der Waals surface area (Å²) in [4.78, 5) is 22.4. The van der Waals surface area contributed by atoms with E-state index in [2.05, 4.69) is 10.6 Å². The number of hydrogen-bond donors (Lipinski definition) is 2. The predicted octanol–water partition coefficient (Wildman–Crippen LogP) is 1.21. The Morgan fingerprint density at radius 3 is 2.33 bits per heavy atom. The van der Waals surface area contributed by atoms with Crippen molar-refractivity contribution in [3.63, 3.8) is 0 Å². The second-order valence-electron chi connectivity index (χ2n) is 4.04.